The number of aliphatic hydroxyl groups is 1. The fourth-order valence-electron chi connectivity index (χ4n) is 1.54. The number of ether oxygens (including phenoxy) is 1. The van der Waals surface area contributed by atoms with Crippen molar-refractivity contribution in [2.75, 3.05) is 13.2 Å². The maximum atomic E-state index is 8.66. The monoisotopic (exact) mass is 206 g/mol. The number of hydrogen-bond donors (Lipinski definition) is 1. The molecule has 0 atom stereocenters. The van der Waals surface area contributed by atoms with Crippen molar-refractivity contribution in [3.05, 3.63) is 24.5 Å². The van der Waals surface area contributed by atoms with Gasteiger partial charge in [0.25, 0.3) is 0 Å². The van der Waals surface area contributed by atoms with Gasteiger partial charge in [0, 0.05) is 12.6 Å². The highest BCUT2D eigenvalue weighted by atomic mass is 16.5. The van der Waals surface area contributed by atoms with Gasteiger partial charge in [0.1, 0.15) is 12.4 Å². The summed E-state index contributed by atoms with van der Waals surface area (Å²) in [7, 11) is 0. The second kappa shape index (κ2) is 4.31. The molecular weight excluding hydrogens is 192 g/mol. The van der Waals surface area contributed by atoms with E-state index >= 15 is 0 Å². The van der Waals surface area contributed by atoms with Crippen molar-refractivity contribution in [3.63, 3.8) is 0 Å². The van der Waals surface area contributed by atoms with Crippen LogP contribution in [0.15, 0.2) is 24.5 Å². The molecule has 15 heavy (non-hydrogen) atoms. The predicted octanol–water partition coefficient (Wildman–Crippen LogP) is 1.43. The summed E-state index contributed by atoms with van der Waals surface area (Å²) in [5.41, 5.74) is 2.03. The maximum Gasteiger partial charge on any atom is 0.121 e. The molecule has 0 bridgehead atoms. The topological polar surface area (TPSA) is 47.3 Å². The molecule has 0 unspecified atom stereocenters. The highest BCUT2D eigenvalue weighted by Gasteiger charge is 2.02. The molecule has 0 aliphatic heterocycles. The quantitative estimate of drug-likeness (QED) is 0.823. The van der Waals surface area contributed by atoms with Crippen molar-refractivity contribution in [3.8, 4) is 5.75 Å². The fourth-order valence-corrected chi connectivity index (χ4v) is 1.54. The first-order chi connectivity index (χ1) is 7.35. The first-order valence-electron chi connectivity index (χ1n) is 5.03. The number of aliphatic hydroxyl groups excluding tert-OH is 1. The van der Waals surface area contributed by atoms with Crippen molar-refractivity contribution in [1.29, 1.82) is 0 Å². The lowest BCUT2D eigenvalue weighted by molar-refractivity contribution is 0.201. The number of fused-ring (bicyclic) bond motifs is 1. The Balaban J connectivity index is 2.35. The molecule has 0 aliphatic rings. The number of benzene rings is 1. The molecular formula is C11H14N2O2. The van der Waals surface area contributed by atoms with Crippen LogP contribution in [0.25, 0.3) is 11.0 Å². The van der Waals surface area contributed by atoms with Crippen LogP contribution >= 0.6 is 0 Å². The fraction of sp³-hybridized carbons (Fsp3) is 0.364. The van der Waals surface area contributed by atoms with Crippen LogP contribution in [0.4, 0.5) is 0 Å². The van der Waals surface area contributed by atoms with Crippen molar-refractivity contribution < 1.29 is 9.84 Å². The van der Waals surface area contributed by atoms with Crippen molar-refractivity contribution in [1.82, 2.24) is 9.55 Å². The molecule has 4 heteroatoms. The van der Waals surface area contributed by atoms with E-state index in [0.29, 0.717) is 6.61 Å². The second-order valence-corrected chi connectivity index (χ2v) is 3.25. The molecule has 0 saturated heterocycles. The summed E-state index contributed by atoms with van der Waals surface area (Å²) in [6, 6.07) is 5.74. The number of aryl methyl sites for hydroxylation is 1. The second-order valence-electron chi connectivity index (χ2n) is 3.25. The van der Waals surface area contributed by atoms with Gasteiger partial charge in [-0.2, -0.15) is 0 Å². The Morgan fingerprint density at radius 3 is 3.07 bits per heavy atom. The Bertz CT molecular complexity index is 451. The van der Waals surface area contributed by atoms with Crippen LogP contribution in [-0.4, -0.2) is 27.9 Å². The lowest BCUT2D eigenvalue weighted by Crippen LogP contribution is -2.01. The molecule has 0 amide bonds. The van der Waals surface area contributed by atoms with Crippen LogP contribution in [0.5, 0.6) is 5.75 Å². The molecule has 0 fully saturated rings. The van der Waals surface area contributed by atoms with Gasteiger partial charge < -0.3 is 14.4 Å². The molecule has 0 spiro atoms. The molecule has 2 aromatic rings. The van der Waals surface area contributed by atoms with Crippen LogP contribution in [0.3, 0.4) is 0 Å². The lowest BCUT2D eigenvalue weighted by atomic mass is 10.3. The SMILES string of the molecule is CCn1cnc2ccc(OCCO)cc21. The molecule has 0 saturated carbocycles. The zero-order chi connectivity index (χ0) is 10.7. The predicted molar refractivity (Wildman–Crippen MR) is 58.0 cm³/mol. The van der Waals surface area contributed by atoms with E-state index in [1.807, 2.05) is 24.5 Å². The first-order valence-corrected chi connectivity index (χ1v) is 5.03. The summed E-state index contributed by atoms with van der Waals surface area (Å²) in [5, 5.41) is 8.66. The largest absolute Gasteiger partial charge is 0.491 e. The molecule has 4 nitrogen and oxygen atoms in total. The highest BCUT2D eigenvalue weighted by Crippen LogP contribution is 2.19. The summed E-state index contributed by atoms with van der Waals surface area (Å²) in [5.74, 6) is 0.770. The molecule has 0 aliphatic carbocycles. The molecule has 0 radical (unpaired) electrons. The summed E-state index contributed by atoms with van der Waals surface area (Å²) in [4.78, 5) is 4.27. The van der Waals surface area contributed by atoms with Gasteiger partial charge >= 0.3 is 0 Å². The summed E-state index contributed by atoms with van der Waals surface area (Å²) in [6.45, 7) is 3.32. The summed E-state index contributed by atoms with van der Waals surface area (Å²) in [6.07, 6.45) is 1.82. The minimum Gasteiger partial charge on any atom is -0.491 e. The molecule has 1 aromatic heterocycles. The van der Waals surface area contributed by atoms with Gasteiger partial charge in [0.15, 0.2) is 0 Å². The van der Waals surface area contributed by atoms with E-state index < -0.39 is 0 Å². The van der Waals surface area contributed by atoms with Crippen LogP contribution in [-0.2, 0) is 6.54 Å². The van der Waals surface area contributed by atoms with Crippen LogP contribution in [0.2, 0.25) is 0 Å². The van der Waals surface area contributed by atoms with Gasteiger partial charge in [0.2, 0.25) is 0 Å². The van der Waals surface area contributed by atoms with Crippen molar-refractivity contribution in [2.24, 2.45) is 0 Å². The molecule has 80 valence electrons. The first kappa shape index (κ1) is 9.98. The Hall–Kier alpha value is -1.55. The Morgan fingerprint density at radius 2 is 2.33 bits per heavy atom. The van der Waals surface area contributed by atoms with E-state index in [-0.39, 0.29) is 6.61 Å². The van der Waals surface area contributed by atoms with Gasteiger partial charge in [-0.1, -0.05) is 0 Å². The van der Waals surface area contributed by atoms with Gasteiger partial charge in [-0.3, -0.25) is 0 Å². The lowest BCUT2D eigenvalue weighted by Gasteiger charge is -2.04. The zero-order valence-corrected chi connectivity index (χ0v) is 8.68. The number of imidazole rings is 1. The number of rotatable bonds is 4. The normalized spacial score (nSPS) is 10.8. The smallest absolute Gasteiger partial charge is 0.121 e. The van der Waals surface area contributed by atoms with E-state index in [9.17, 15) is 0 Å². The van der Waals surface area contributed by atoms with Crippen molar-refractivity contribution in [2.45, 2.75) is 13.5 Å². The van der Waals surface area contributed by atoms with Gasteiger partial charge in [-0.05, 0) is 19.1 Å². The van der Waals surface area contributed by atoms with Crippen LogP contribution < -0.4 is 4.74 Å². The average Bonchev–Trinajstić information content (AvgIpc) is 2.68. The maximum absolute atomic E-state index is 8.66. The van der Waals surface area contributed by atoms with Gasteiger partial charge in [0.05, 0.1) is 24.0 Å². The minimum atomic E-state index is 0.0328. The van der Waals surface area contributed by atoms with E-state index in [2.05, 4.69) is 16.5 Å². The highest BCUT2D eigenvalue weighted by molar-refractivity contribution is 5.76. The zero-order valence-electron chi connectivity index (χ0n) is 8.68. The summed E-state index contributed by atoms with van der Waals surface area (Å²) < 4.78 is 7.40. The molecule has 1 heterocycles. The summed E-state index contributed by atoms with van der Waals surface area (Å²) >= 11 is 0. The Kier molecular flexibility index (Phi) is 2.87. The standard InChI is InChI=1S/C11H14N2O2/c1-2-13-8-12-10-4-3-9(7-11(10)13)15-6-5-14/h3-4,7-8,14H,2,5-6H2,1H3. The van der Waals surface area contributed by atoms with Crippen molar-refractivity contribution >= 4 is 11.0 Å². The molecule has 2 rings (SSSR count). The van der Waals surface area contributed by atoms with E-state index in [1.165, 1.54) is 0 Å². The van der Waals surface area contributed by atoms with Crippen LogP contribution in [0.1, 0.15) is 6.92 Å². The van der Waals surface area contributed by atoms with Gasteiger partial charge in [-0.25, -0.2) is 4.98 Å². The minimum absolute atomic E-state index is 0.0328. The Labute approximate surface area is 88.1 Å². The van der Waals surface area contributed by atoms with Crippen LogP contribution in [0, 0.1) is 0 Å². The third-order valence-electron chi connectivity index (χ3n) is 2.29. The number of aromatic nitrogens is 2. The third-order valence-corrected chi connectivity index (χ3v) is 2.29. The van der Waals surface area contributed by atoms with E-state index in [0.717, 1.165) is 23.3 Å². The number of nitrogens with zero attached hydrogens (tertiary/aromatic N) is 2. The Morgan fingerprint density at radius 1 is 1.47 bits per heavy atom. The number of hydrogen-bond acceptors (Lipinski definition) is 3. The third kappa shape index (κ3) is 1.94. The van der Waals surface area contributed by atoms with E-state index in [4.69, 9.17) is 9.84 Å². The van der Waals surface area contributed by atoms with E-state index in [1.54, 1.807) is 0 Å². The average molecular weight is 206 g/mol. The molecule has 1 aromatic carbocycles. The molecule has 1 N–H and O–H groups in total. The van der Waals surface area contributed by atoms with Gasteiger partial charge in [-0.15, -0.1) is 0 Å².